The molecule has 0 amide bonds. The SMILES string of the molecule is CCCCCC=Cc1ccc(C2C[C@@H]2/C=C\C(=O)O)cc1. The molecule has 21 heavy (non-hydrogen) atoms. The maximum absolute atomic E-state index is 10.5. The monoisotopic (exact) mass is 284 g/mol. The topological polar surface area (TPSA) is 37.3 Å². The third kappa shape index (κ3) is 5.22. The molecule has 1 aliphatic carbocycles. The van der Waals surface area contributed by atoms with E-state index in [-0.39, 0.29) is 0 Å². The van der Waals surface area contributed by atoms with Gasteiger partial charge in [0.25, 0.3) is 0 Å². The van der Waals surface area contributed by atoms with E-state index in [2.05, 4.69) is 43.3 Å². The van der Waals surface area contributed by atoms with Gasteiger partial charge in [-0.05, 0) is 42.2 Å². The highest BCUT2D eigenvalue weighted by Crippen LogP contribution is 2.48. The Morgan fingerprint density at radius 3 is 2.71 bits per heavy atom. The average Bonchev–Trinajstić information content (AvgIpc) is 3.25. The molecule has 0 bridgehead atoms. The van der Waals surface area contributed by atoms with Crippen LogP contribution in [0.4, 0.5) is 0 Å². The molecule has 1 saturated carbocycles. The number of rotatable bonds is 8. The number of hydrogen-bond acceptors (Lipinski definition) is 1. The molecule has 2 atom stereocenters. The first kappa shape index (κ1) is 15.6. The second kappa shape index (κ2) is 7.82. The van der Waals surface area contributed by atoms with Crippen LogP contribution >= 0.6 is 0 Å². The van der Waals surface area contributed by atoms with Gasteiger partial charge in [-0.25, -0.2) is 4.79 Å². The third-order valence-corrected chi connectivity index (χ3v) is 3.98. The van der Waals surface area contributed by atoms with Crippen molar-refractivity contribution < 1.29 is 9.90 Å². The summed E-state index contributed by atoms with van der Waals surface area (Å²) >= 11 is 0. The minimum atomic E-state index is -0.857. The van der Waals surface area contributed by atoms with Gasteiger partial charge in [-0.15, -0.1) is 0 Å². The molecule has 1 fully saturated rings. The van der Waals surface area contributed by atoms with E-state index in [1.54, 1.807) is 0 Å². The van der Waals surface area contributed by atoms with Crippen LogP contribution in [0.1, 0.15) is 56.1 Å². The van der Waals surface area contributed by atoms with Crippen LogP contribution in [0, 0.1) is 5.92 Å². The van der Waals surface area contributed by atoms with Gasteiger partial charge in [0.05, 0.1) is 0 Å². The largest absolute Gasteiger partial charge is 0.478 e. The van der Waals surface area contributed by atoms with Crippen LogP contribution in [0.25, 0.3) is 6.08 Å². The number of carboxylic acid groups (broad SMARTS) is 1. The molecule has 0 saturated heterocycles. The molecule has 2 rings (SSSR count). The van der Waals surface area contributed by atoms with Gasteiger partial charge in [0.1, 0.15) is 0 Å². The molecule has 112 valence electrons. The van der Waals surface area contributed by atoms with Crippen molar-refractivity contribution in [1.29, 1.82) is 0 Å². The van der Waals surface area contributed by atoms with Crippen molar-refractivity contribution in [2.24, 2.45) is 5.92 Å². The zero-order valence-corrected chi connectivity index (χ0v) is 12.7. The summed E-state index contributed by atoms with van der Waals surface area (Å²) in [5.74, 6) is 0.0453. The fourth-order valence-electron chi connectivity index (χ4n) is 2.60. The fraction of sp³-hybridized carbons (Fsp3) is 0.421. The molecule has 1 aliphatic rings. The summed E-state index contributed by atoms with van der Waals surface area (Å²) in [7, 11) is 0. The van der Waals surface area contributed by atoms with Gasteiger partial charge in [-0.3, -0.25) is 0 Å². The molecule has 0 aromatic heterocycles. The van der Waals surface area contributed by atoms with E-state index < -0.39 is 5.97 Å². The molecule has 1 aromatic rings. The predicted molar refractivity (Wildman–Crippen MR) is 87.2 cm³/mol. The highest BCUT2D eigenvalue weighted by molar-refractivity contribution is 5.79. The Bertz CT molecular complexity index is 511. The Balaban J connectivity index is 1.82. The Labute approximate surface area is 127 Å². The molecular formula is C19H24O2. The Kier molecular flexibility index (Phi) is 5.79. The maximum Gasteiger partial charge on any atom is 0.327 e. The molecule has 0 radical (unpaired) electrons. The number of allylic oxidation sites excluding steroid dienone is 2. The van der Waals surface area contributed by atoms with E-state index in [4.69, 9.17) is 5.11 Å². The summed E-state index contributed by atoms with van der Waals surface area (Å²) in [5.41, 5.74) is 2.56. The van der Waals surface area contributed by atoms with Crippen LogP contribution in [-0.4, -0.2) is 11.1 Å². The van der Waals surface area contributed by atoms with E-state index in [1.807, 2.05) is 6.08 Å². The molecule has 1 aromatic carbocycles. The van der Waals surface area contributed by atoms with E-state index in [9.17, 15) is 4.79 Å². The lowest BCUT2D eigenvalue weighted by atomic mass is 10.1. The number of unbranched alkanes of at least 4 members (excludes halogenated alkanes) is 3. The van der Waals surface area contributed by atoms with E-state index in [0.717, 1.165) is 12.8 Å². The first-order chi connectivity index (χ1) is 10.2. The number of carbonyl (C=O) groups is 1. The summed E-state index contributed by atoms with van der Waals surface area (Å²) in [6.45, 7) is 2.22. The van der Waals surface area contributed by atoms with E-state index in [0.29, 0.717) is 11.8 Å². The summed E-state index contributed by atoms with van der Waals surface area (Å²) < 4.78 is 0. The molecule has 0 aliphatic heterocycles. The van der Waals surface area contributed by atoms with Gasteiger partial charge in [0.2, 0.25) is 0 Å². The summed E-state index contributed by atoms with van der Waals surface area (Å²) in [6.07, 6.45) is 13.6. The normalized spacial score (nSPS) is 21.2. The van der Waals surface area contributed by atoms with Crippen LogP contribution in [0.2, 0.25) is 0 Å². The number of aliphatic carboxylic acids is 1. The number of benzene rings is 1. The minimum absolute atomic E-state index is 0.400. The van der Waals surface area contributed by atoms with Gasteiger partial charge < -0.3 is 5.11 Å². The lowest BCUT2D eigenvalue weighted by molar-refractivity contribution is -0.131. The molecule has 2 heteroatoms. The number of hydrogen-bond donors (Lipinski definition) is 1. The molecule has 2 nitrogen and oxygen atoms in total. The van der Waals surface area contributed by atoms with Crippen LogP contribution in [0.3, 0.4) is 0 Å². The molecule has 0 heterocycles. The standard InChI is InChI=1S/C19H24O2/c1-2-3-4-5-6-7-15-8-10-16(11-9-15)18-14-17(18)12-13-19(20)21/h6-13,17-18H,2-5,14H2,1H3,(H,20,21)/b7-6?,13-12-/t17-,18?/m0/s1. The van der Waals surface area contributed by atoms with Crippen molar-refractivity contribution in [3.05, 3.63) is 53.6 Å². The van der Waals surface area contributed by atoms with Gasteiger partial charge in [0.15, 0.2) is 0 Å². The van der Waals surface area contributed by atoms with Crippen LogP contribution in [-0.2, 0) is 4.79 Å². The van der Waals surface area contributed by atoms with Gasteiger partial charge >= 0.3 is 5.97 Å². The number of carboxylic acids is 1. The first-order valence-electron chi connectivity index (χ1n) is 7.88. The first-order valence-corrected chi connectivity index (χ1v) is 7.88. The van der Waals surface area contributed by atoms with Crippen molar-refractivity contribution >= 4 is 12.0 Å². The van der Waals surface area contributed by atoms with Gasteiger partial charge in [-0.2, -0.15) is 0 Å². The maximum atomic E-state index is 10.5. The summed E-state index contributed by atoms with van der Waals surface area (Å²) in [6, 6.07) is 8.65. The fourth-order valence-corrected chi connectivity index (χ4v) is 2.60. The van der Waals surface area contributed by atoms with Crippen molar-refractivity contribution in [2.75, 3.05) is 0 Å². The van der Waals surface area contributed by atoms with Crippen molar-refractivity contribution in [1.82, 2.24) is 0 Å². The molecule has 1 unspecified atom stereocenters. The van der Waals surface area contributed by atoms with Crippen molar-refractivity contribution in [3.8, 4) is 0 Å². The van der Waals surface area contributed by atoms with E-state index >= 15 is 0 Å². The third-order valence-electron chi connectivity index (χ3n) is 3.98. The highest BCUT2D eigenvalue weighted by Gasteiger charge is 2.35. The molecule has 1 N–H and O–H groups in total. The zero-order valence-electron chi connectivity index (χ0n) is 12.7. The second-order valence-electron chi connectivity index (χ2n) is 5.77. The predicted octanol–water partition coefficient (Wildman–Crippen LogP) is 5.02. The lowest BCUT2D eigenvalue weighted by Gasteiger charge is -2.00. The Hall–Kier alpha value is -1.83. The second-order valence-corrected chi connectivity index (χ2v) is 5.77. The zero-order chi connectivity index (χ0) is 15.1. The Morgan fingerprint density at radius 2 is 2.05 bits per heavy atom. The molecule has 0 spiro atoms. The minimum Gasteiger partial charge on any atom is -0.478 e. The van der Waals surface area contributed by atoms with Crippen LogP contribution in [0.5, 0.6) is 0 Å². The molecular weight excluding hydrogens is 260 g/mol. The lowest BCUT2D eigenvalue weighted by Crippen LogP contribution is -1.87. The summed E-state index contributed by atoms with van der Waals surface area (Å²) in [4.78, 5) is 10.5. The van der Waals surface area contributed by atoms with Gasteiger partial charge in [0, 0.05) is 6.08 Å². The summed E-state index contributed by atoms with van der Waals surface area (Å²) in [5, 5.41) is 8.63. The quantitative estimate of drug-likeness (QED) is 0.537. The van der Waals surface area contributed by atoms with Gasteiger partial charge in [-0.1, -0.05) is 62.3 Å². The average molecular weight is 284 g/mol. The van der Waals surface area contributed by atoms with Crippen molar-refractivity contribution in [3.63, 3.8) is 0 Å². The van der Waals surface area contributed by atoms with Crippen LogP contribution in [0.15, 0.2) is 42.5 Å². The van der Waals surface area contributed by atoms with Crippen LogP contribution < -0.4 is 0 Å². The van der Waals surface area contributed by atoms with Crippen molar-refractivity contribution in [2.45, 2.75) is 44.9 Å². The Morgan fingerprint density at radius 1 is 1.29 bits per heavy atom. The highest BCUT2D eigenvalue weighted by atomic mass is 16.4. The van der Waals surface area contributed by atoms with E-state index in [1.165, 1.54) is 36.5 Å². The smallest absolute Gasteiger partial charge is 0.327 e.